The van der Waals surface area contributed by atoms with Gasteiger partial charge in [-0.15, -0.1) is 0 Å². The zero-order chi connectivity index (χ0) is 11.7. The van der Waals surface area contributed by atoms with Crippen LogP contribution in [-0.2, 0) is 0 Å². The van der Waals surface area contributed by atoms with E-state index >= 15 is 0 Å². The summed E-state index contributed by atoms with van der Waals surface area (Å²) in [6.07, 6.45) is 0. The lowest BCUT2D eigenvalue weighted by Gasteiger charge is -2.06. The molecule has 1 heterocycles. The number of aromatic nitrogens is 2. The molecule has 0 spiro atoms. The van der Waals surface area contributed by atoms with Gasteiger partial charge in [-0.25, -0.2) is 9.97 Å². The molecule has 0 fully saturated rings. The Morgan fingerprint density at radius 2 is 1.47 bits per heavy atom. The second kappa shape index (κ2) is 3.98. The molecule has 0 unspecified atom stereocenters. The van der Waals surface area contributed by atoms with Crippen molar-refractivity contribution in [3.05, 3.63) is 67.3 Å². The summed E-state index contributed by atoms with van der Waals surface area (Å²) in [7, 11) is 0. The van der Waals surface area contributed by atoms with Gasteiger partial charge < -0.3 is 0 Å². The summed E-state index contributed by atoms with van der Waals surface area (Å²) < 4.78 is 0. The third-order valence-electron chi connectivity index (χ3n) is 2.70. The van der Waals surface area contributed by atoms with Crippen LogP contribution in [0.2, 0.25) is 0 Å². The van der Waals surface area contributed by atoms with E-state index < -0.39 is 0 Å². The van der Waals surface area contributed by atoms with Crippen LogP contribution in [0.5, 0.6) is 0 Å². The molecule has 17 heavy (non-hydrogen) atoms. The van der Waals surface area contributed by atoms with Crippen molar-refractivity contribution in [2.45, 2.75) is 0 Å². The molecule has 2 aromatic carbocycles. The highest BCUT2D eigenvalue weighted by Crippen LogP contribution is 2.25. The van der Waals surface area contributed by atoms with E-state index in [9.17, 15) is 0 Å². The number of fused-ring (bicyclic) bond motifs is 1. The summed E-state index contributed by atoms with van der Waals surface area (Å²) in [5.74, 6) is 0.558. The minimum Gasteiger partial charge on any atom is -0.233 e. The summed E-state index contributed by atoms with van der Waals surface area (Å²) in [5, 5.41) is 1.06. The van der Waals surface area contributed by atoms with E-state index in [1.807, 2.05) is 54.6 Å². The van der Waals surface area contributed by atoms with Gasteiger partial charge in [0.25, 0.3) is 0 Å². The lowest BCUT2D eigenvalue weighted by Crippen LogP contribution is -1.93. The summed E-state index contributed by atoms with van der Waals surface area (Å²) >= 11 is 0. The van der Waals surface area contributed by atoms with Crippen LogP contribution in [0.15, 0.2) is 54.6 Å². The van der Waals surface area contributed by atoms with Crippen LogP contribution in [0.4, 0.5) is 0 Å². The number of nitrogens with zero attached hydrogens (tertiary/aromatic N) is 2. The van der Waals surface area contributed by atoms with Gasteiger partial charge >= 0.3 is 0 Å². The zero-order valence-corrected chi connectivity index (χ0v) is 9.30. The van der Waals surface area contributed by atoms with Gasteiger partial charge in [0.2, 0.25) is 0 Å². The van der Waals surface area contributed by atoms with Gasteiger partial charge in [-0.2, -0.15) is 0 Å². The normalized spacial score (nSPS) is 10.6. The van der Waals surface area contributed by atoms with Gasteiger partial charge in [0, 0.05) is 17.9 Å². The smallest absolute Gasteiger partial charge is 0.130 e. The van der Waals surface area contributed by atoms with Crippen LogP contribution in [0.3, 0.4) is 0 Å². The third kappa shape index (κ3) is 1.78. The van der Waals surface area contributed by atoms with Crippen molar-refractivity contribution in [3.8, 4) is 11.3 Å². The Morgan fingerprint density at radius 1 is 0.765 bits per heavy atom. The van der Waals surface area contributed by atoms with E-state index in [0.717, 1.165) is 22.2 Å². The summed E-state index contributed by atoms with van der Waals surface area (Å²) in [6.45, 7) is 3.83. The molecular formula is C15H11N2. The van der Waals surface area contributed by atoms with Crippen molar-refractivity contribution in [3.63, 3.8) is 0 Å². The van der Waals surface area contributed by atoms with Crippen molar-refractivity contribution in [1.29, 1.82) is 0 Å². The maximum atomic E-state index is 4.45. The molecule has 2 nitrogen and oxygen atoms in total. The van der Waals surface area contributed by atoms with E-state index in [1.54, 1.807) is 0 Å². The molecule has 0 saturated heterocycles. The van der Waals surface area contributed by atoms with Gasteiger partial charge in [0.05, 0.1) is 11.2 Å². The Kier molecular flexibility index (Phi) is 2.33. The van der Waals surface area contributed by atoms with E-state index in [0.29, 0.717) is 5.82 Å². The highest BCUT2D eigenvalue weighted by atomic mass is 14.9. The van der Waals surface area contributed by atoms with Crippen LogP contribution < -0.4 is 0 Å². The summed E-state index contributed by atoms with van der Waals surface area (Å²) in [6, 6.07) is 18.1. The van der Waals surface area contributed by atoms with Crippen LogP contribution in [-0.4, -0.2) is 9.97 Å². The summed E-state index contributed by atoms with van der Waals surface area (Å²) in [4.78, 5) is 8.79. The lowest BCUT2D eigenvalue weighted by atomic mass is 10.1. The molecule has 1 aromatic heterocycles. The molecule has 0 aliphatic carbocycles. The maximum Gasteiger partial charge on any atom is 0.130 e. The quantitative estimate of drug-likeness (QED) is 0.626. The second-order valence-corrected chi connectivity index (χ2v) is 3.87. The Hall–Kier alpha value is -2.22. The molecule has 0 saturated carbocycles. The SMILES string of the molecule is [CH2]c1nc(-c2ccccc2)c2ccccc2n1. The fraction of sp³-hybridized carbons (Fsp3) is 0. The molecule has 3 aromatic rings. The van der Waals surface area contributed by atoms with Crippen LogP contribution >= 0.6 is 0 Å². The van der Waals surface area contributed by atoms with Gasteiger partial charge in [-0.3, -0.25) is 0 Å². The predicted octanol–water partition coefficient (Wildman–Crippen LogP) is 3.48. The highest BCUT2D eigenvalue weighted by molar-refractivity contribution is 5.92. The minimum absolute atomic E-state index is 0.558. The lowest BCUT2D eigenvalue weighted by molar-refractivity contribution is 1.16. The van der Waals surface area contributed by atoms with Crippen molar-refractivity contribution >= 4 is 10.9 Å². The fourth-order valence-electron chi connectivity index (χ4n) is 1.94. The zero-order valence-electron chi connectivity index (χ0n) is 9.30. The molecular weight excluding hydrogens is 208 g/mol. The largest absolute Gasteiger partial charge is 0.233 e. The number of hydrogen-bond donors (Lipinski definition) is 0. The summed E-state index contributed by atoms with van der Waals surface area (Å²) in [5.41, 5.74) is 2.98. The number of rotatable bonds is 1. The molecule has 81 valence electrons. The first-order valence-electron chi connectivity index (χ1n) is 5.49. The highest BCUT2D eigenvalue weighted by Gasteiger charge is 2.06. The molecule has 2 heteroatoms. The molecule has 0 bridgehead atoms. The van der Waals surface area contributed by atoms with E-state index in [4.69, 9.17) is 0 Å². The number of para-hydroxylation sites is 1. The van der Waals surface area contributed by atoms with E-state index in [1.165, 1.54) is 0 Å². The maximum absolute atomic E-state index is 4.45. The number of hydrogen-bond acceptors (Lipinski definition) is 2. The van der Waals surface area contributed by atoms with Gasteiger partial charge in [-0.1, -0.05) is 48.5 Å². The predicted molar refractivity (Wildman–Crippen MR) is 69.4 cm³/mol. The Balaban J connectivity index is 2.36. The Morgan fingerprint density at radius 3 is 2.29 bits per heavy atom. The Bertz CT molecular complexity index is 660. The molecule has 0 N–H and O–H groups in total. The molecule has 1 radical (unpaired) electrons. The third-order valence-corrected chi connectivity index (χ3v) is 2.70. The molecule has 0 aliphatic rings. The minimum atomic E-state index is 0.558. The van der Waals surface area contributed by atoms with Gasteiger partial charge in [0.1, 0.15) is 5.82 Å². The Labute approximate surface area is 100.0 Å². The molecule has 3 rings (SSSR count). The van der Waals surface area contributed by atoms with Crippen molar-refractivity contribution in [2.24, 2.45) is 0 Å². The molecule has 0 aliphatic heterocycles. The monoisotopic (exact) mass is 219 g/mol. The average Bonchev–Trinajstić information content (AvgIpc) is 2.39. The second-order valence-electron chi connectivity index (χ2n) is 3.87. The van der Waals surface area contributed by atoms with Crippen LogP contribution in [0.25, 0.3) is 22.2 Å². The first kappa shape index (κ1) is 9.97. The van der Waals surface area contributed by atoms with Crippen LogP contribution in [0.1, 0.15) is 5.82 Å². The van der Waals surface area contributed by atoms with E-state index in [-0.39, 0.29) is 0 Å². The fourth-order valence-corrected chi connectivity index (χ4v) is 1.94. The van der Waals surface area contributed by atoms with E-state index in [2.05, 4.69) is 16.9 Å². The van der Waals surface area contributed by atoms with Gasteiger partial charge in [-0.05, 0) is 6.07 Å². The van der Waals surface area contributed by atoms with Crippen LogP contribution in [0, 0.1) is 6.92 Å². The number of benzene rings is 2. The van der Waals surface area contributed by atoms with Gasteiger partial charge in [0.15, 0.2) is 0 Å². The molecule has 0 atom stereocenters. The van der Waals surface area contributed by atoms with Crippen molar-refractivity contribution in [2.75, 3.05) is 0 Å². The molecule has 0 amide bonds. The first-order valence-corrected chi connectivity index (χ1v) is 5.49. The first-order chi connectivity index (χ1) is 8.34. The standard InChI is InChI=1S/C15H11N2/c1-11-16-14-10-6-5-9-13(14)15(17-11)12-7-3-2-4-8-12/h2-10H,1H2. The topological polar surface area (TPSA) is 25.8 Å². The van der Waals surface area contributed by atoms with Crippen molar-refractivity contribution < 1.29 is 0 Å². The van der Waals surface area contributed by atoms with Crippen molar-refractivity contribution in [1.82, 2.24) is 9.97 Å². The average molecular weight is 219 g/mol.